The van der Waals surface area contributed by atoms with Crippen molar-refractivity contribution < 1.29 is 14.3 Å². The molecule has 0 aliphatic heterocycles. The molecular formula is C14H15Cl2N5O3S. The van der Waals surface area contributed by atoms with Gasteiger partial charge in [0.05, 0.1) is 22.4 Å². The van der Waals surface area contributed by atoms with Gasteiger partial charge in [0.25, 0.3) is 0 Å². The second-order valence-electron chi connectivity index (χ2n) is 4.70. The van der Waals surface area contributed by atoms with Crippen molar-refractivity contribution in [3.8, 4) is 0 Å². The van der Waals surface area contributed by atoms with Crippen LogP contribution >= 0.6 is 35.0 Å². The molecule has 1 aromatic carbocycles. The van der Waals surface area contributed by atoms with Gasteiger partial charge in [-0.1, -0.05) is 35.0 Å². The van der Waals surface area contributed by atoms with Gasteiger partial charge in [-0.15, -0.1) is 10.2 Å². The number of aromatic nitrogens is 3. The van der Waals surface area contributed by atoms with Gasteiger partial charge in [0.15, 0.2) is 5.16 Å². The number of ether oxygens (including phenoxy) is 1. The van der Waals surface area contributed by atoms with Crippen LogP contribution in [0.2, 0.25) is 10.0 Å². The Balaban J connectivity index is 2.01. The van der Waals surface area contributed by atoms with E-state index in [1.54, 1.807) is 19.1 Å². The molecular weight excluding hydrogens is 389 g/mol. The van der Waals surface area contributed by atoms with Crippen LogP contribution in [0.5, 0.6) is 0 Å². The molecule has 0 saturated heterocycles. The van der Waals surface area contributed by atoms with Crippen molar-refractivity contribution in [1.29, 1.82) is 0 Å². The molecule has 1 aromatic heterocycles. The minimum atomic E-state index is -0.388. The molecule has 0 spiro atoms. The van der Waals surface area contributed by atoms with Crippen LogP contribution in [0.4, 0.5) is 11.6 Å². The predicted molar refractivity (Wildman–Crippen MR) is 96.9 cm³/mol. The summed E-state index contributed by atoms with van der Waals surface area (Å²) in [5.74, 6) is -0.639. The lowest BCUT2D eigenvalue weighted by Crippen LogP contribution is -2.20. The van der Waals surface area contributed by atoms with E-state index in [1.807, 2.05) is 0 Å². The number of esters is 1. The van der Waals surface area contributed by atoms with Gasteiger partial charge in [0, 0.05) is 5.69 Å². The molecule has 2 rings (SSSR count). The maximum atomic E-state index is 12.2. The monoisotopic (exact) mass is 403 g/mol. The smallest absolute Gasteiger partial charge is 0.316 e. The minimum absolute atomic E-state index is 0.0420. The van der Waals surface area contributed by atoms with Crippen molar-refractivity contribution in [3.63, 3.8) is 0 Å². The van der Waals surface area contributed by atoms with Crippen molar-refractivity contribution in [2.24, 2.45) is 0 Å². The number of hydrogen-bond donors (Lipinski definition) is 2. The summed E-state index contributed by atoms with van der Waals surface area (Å²) in [4.78, 5) is 23.6. The van der Waals surface area contributed by atoms with Gasteiger partial charge >= 0.3 is 5.97 Å². The SMILES string of the molecule is CCOC(=O)CSc1nnc(N)n1CC(=O)Nc1ccc(Cl)c(Cl)c1. The Bertz CT molecular complexity index is 784. The van der Waals surface area contributed by atoms with E-state index in [2.05, 4.69) is 15.5 Å². The lowest BCUT2D eigenvalue weighted by Gasteiger charge is -2.09. The summed E-state index contributed by atoms with van der Waals surface area (Å²) >= 11 is 12.8. The number of halogens is 2. The number of rotatable bonds is 7. The molecule has 134 valence electrons. The van der Waals surface area contributed by atoms with Crippen molar-refractivity contribution in [2.45, 2.75) is 18.6 Å². The fourth-order valence-corrected chi connectivity index (χ4v) is 2.84. The first-order valence-electron chi connectivity index (χ1n) is 7.12. The molecule has 0 saturated carbocycles. The third-order valence-corrected chi connectivity index (χ3v) is 4.55. The maximum Gasteiger partial charge on any atom is 0.316 e. The van der Waals surface area contributed by atoms with E-state index >= 15 is 0 Å². The molecule has 1 amide bonds. The maximum absolute atomic E-state index is 12.2. The highest BCUT2D eigenvalue weighted by molar-refractivity contribution is 7.99. The third-order valence-electron chi connectivity index (χ3n) is 2.87. The molecule has 0 fully saturated rings. The topological polar surface area (TPSA) is 112 Å². The van der Waals surface area contributed by atoms with Crippen molar-refractivity contribution in [3.05, 3.63) is 28.2 Å². The van der Waals surface area contributed by atoms with Crippen LogP contribution in [0, 0.1) is 0 Å². The Labute approximate surface area is 158 Å². The predicted octanol–water partition coefficient (Wildman–Crippen LogP) is 2.46. The van der Waals surface area contributed by atoms with Crippen molar-refractivity contribution in [2.75, 3.05) is 23.4 Å². The Hall–Kier alpha value is -1.97. The number of carbonyl (C=O) groups is 2. The molecule has 25 heavy (non-hydrogen) atoms. The number of nitrogens with one attached hydrogen (secondary N) is 1. The Morgan fingerprint density at radius 2 is 2.08 bits per heavy atom. The Morgan fingerprint density at radius 3 is 2.76 bits per heavy atom. The number of carbonyl (C=O) groups excluding carboxylic acids is 2. The molecule has 8 nitrogen and oxygen atoms in total. The fourth-order valence-electron chi connectivity index (χ4n) is 1.80. The average molecular weight is 404 g/mol. The highest BCUT2D eigenvalue weighted by Gasteiger charge is 2.16. The van der Waals surface area contributed by atoms with E-state index in [1.165, 1.54) is 10.6 Å². The largest absolute Gasteiger partial charge is 0.465 e. The van der Waals surface area contributed by atoms with E-state index in [0.717, 1.165) is 11.8 Å². The van der Waals surface area contributed by atoms with E-state index in [9.17, 15) is 9.59 Å². The van der Waals surface area contributed by atoms with Crippen LogP contribution < -0.4 is 11.1 Å². The van der Waals surface area contributed by atoms with Crippen molar-refractivity contribution in [1.82, 2.24) is 14.8 Å². The molecule has 11 heteroatoms. The number of hydrogen-bond acceptors (Lipinski definition) is 7. The van der Waals surface area contributed by atoms with Crippen LogP contribution in [0.1, 0.15) is 6.92 Å². The summed E-state index contributed by atoms with van der Waals surface area (Å²) in [7, 11) is 0. The number of benzene rings is 1. The Kier molecular flexibility index (Phi) is 6.91. The number of amides is 1. The van der Waals surface area contributed by atoms with Crippen LogP contribution in [0.3, 0.4) is 0 Å². The van der Waals surface area contributed by atoms with E-state index in [4.69, 9.17) is 33.7 Å². The molecule has 2 aromatic rings. The highest BCUT2D eigenvalue weighted by atomic mass is 35.5. The quantitative estimate of drug-likeness (QED) is 0.539. The van der Waals surface area contributed by atoms with Crippen LogP contribution in [-0.4, -0.2) is 39.0 Å². The van der Waals surface area contributed by atoms with Crippen molar-refractivity contribution >= 4 is 58.5 Å². The van der Waals surface area contributed by atoms with Gasteiger partial charge < -0.3 is 15.8 Å². The van der Waals surface area contributed by atoms with Crippen LogP contribution in [0.15, 0.2) is 23.4 Å². The zero-order chi connectivity index (χ0) is 18.4. The lowest BCUT2D eigenvalue weighted by molar-refractivity contribution is -0.139. The zero-order valence-electron chi connectivity index (χ0n) is 13.2. The lowest BCUT2D eigenvalue weighted by atomic mass is 10.3. The number of nitrogens with zero attached hydrogens (tertiary/aromatic N) is 3. The molecule has 0 aliphatic rings. The first-order valence-corrected chi connectivity index (χ1v) is 8.86. The summed E-state index contributed by atoms with van der Waals surface area (Å²) in [6.07, 6.45) is 0. The number of anilines is 2. The summed E-state index contributed by atoms with van der Waals surface area (Å²) in [5, 5.41) is 11.3. The molecule has 0 bridgehead atoms. The van der Waals surface area contributed by atoms with Gasteiger partial charge in [-0.2, -0.15) is 0 Å². The molecule has 0 aliphatic carbocycles. The molecule has 3 N–H and O–H groups in total. The van der Waals surface area contributed by atoms with E-state index < -0.39 is 0 Å². The van der Waals surface area contributed by atoms with Crippen LogP contribution in [-0.2, 0) is 20.9 Å². The van der Waals surface area contributed by atoms with Gasteiger partial charge in [0.2, 0.25) is 11.9 Å². The summed E-state index contributed by atoms with van der Waals surface area (Å²) in [6.45, 7) is 1.89. The molecule has 0 unspecified atom stereocenters. The van der Waals surface area contributed by atoms with Crippen LogP contribution in [0.25, 0.3) is 0 Å². The molecule has 0 atom stereocenters. The number of nitrogen functional groups attached to an aromatic ring is 1. The first kappa shape index (κ1) is 19.4. The molecule has 0 radical (unpaired) electrons. The summed E-state index contributed by atoms with van der Waals surface area (Å²) < 4.78 is 6.24. The standard InChI is InChI=1S/C14H15Cl2N5O3S/c1-2-24-12(23)7-25-14-20-19-13(17)21(14)6-11(22)18-8-3-4-9(15)10(16)5-8/h3-5H,2,6-7H2,1H3,(H2,17,19)(H,18,22). The first-order chi connectivity index (χ1) is 11.9. The second kappa shape index (κ2) is 8.93. The summed E-state index contributed by atoms with van der Waals surface area (Å²) in [5.41, 5.74) is 6.23. The Morgan fingerprint density at radius 1 is 1.32 bits per heavy atom. The van der Waals surface area contributed by atoms with Gasteiger partial charge in [0.1, 0.15) is 6.54 Å². The fraction of sp³-hybridized carbons (Fsp3) is 0.286. The highest BCUT2D eigenvalue weighted by Crippen LogP contribution is 2.25. The third kappa shape index (κ3) is 5.52. The number of nitrogens with two attached hydrogens (primary N) is 1. The van der Waals surface area contributed by atoms with E-state index in [-0.39, 0.29) is 30.1 Å². The summed E-state index contributed by atoms with van der Waals surface area (Å²) in [6, 6.07) is 4.74. The van der Waals surface area contributed by atoms with Gasteiger partial charge in [-0.05, 0) is 25.1 Å². The van der Waals surface area contributed by atoms with Gasteiger partial charge in [-0.3, -0.25) is 14.2 Å². The molecule has 1 heterocycles. The second-order valence-corrected chi connectivity index (χ2v) is 6.45. The average Bonchev–Trinajstić information content (AvgIpc) is 2.89. The normalized spacial score (nSPS) is 10.5. The number of thioether (sulfide) groups is 1. The van der Waals surface area contributed by atoms with E-state index in [0.29, 0.717) is 27.5 Å². The minimum Gasteiger partial charge on any atom is -0.465 e. The van der Waals surface area contributed by atoms with Gasteiger partial charge in [-0.25, -0.2) is 0 Å². The zero-order valence-corrected chi connectivity index (χ0v) is 15.5.